The highest BCUT2D eigenvalue weighted by molar-refractivity contribution is 9.10. The van der Waals surface area contributed by atoms with Gasteiger partial charge in [-0.3, -0.25) is 0 Å². The Balaban J connectivity index is 1.77. The van der Waals surface area contributed by atoms with Crippen molar-refractivity contribution in [1.29, 1.82) is 0 Å². The summed E-state index contributed by atoms with van der Waals surface area (Å²) in [7, 11) is 0. The third-order valence-corrected chi connectivity index (χ3v) is 4.01. The number of ether oxygens (including phenoxy) is 1. The van der Waals surface area contributed by atoms with Gasteiger partial charge >= 0.3 is 0 Å². The lowest BCUT2D eigenvalue weighted by atomic mass is 10.00. The van der Waals surface area contributed by atoms with Crippen LogP contribution in [0, 0.1) is 0 Å². The lowest BCUT2D eigenvalue weighted by molar-refractivity contribution is -0.00342. The minimum absolute atomic E-state index is 0.464. The molecular formula is C15H22BrNO. The Hall–Kier alpha value is -0.380. The van der Waals surface area contributed by atoms with Gasteiger partial charge in [-0.05, 0) is 37.0 Å². The molecule has 0 bridgehead atoms. The predicted octanol–water partition coefficient (Wildman–Crippen LogP) is 3.89. The van der Waals surface area contributed by atoms with Crippen LogP contribution in [0.5, 0.6) is 0 Å². The van der Waals surface area contributed by atoms with Crippen molar-refractivity contribution in [1.82, 2.24) is 5.32 Å². The number of halogens is 1. The highest BCUT2D eigenvalue weighted by Crippen LogP contribution is 2.18. The van der Waals surface area contributed by atoms with Crippen molar-refractivity contribution in [2.45, 2.75) is 51.3 Å². The van der Waals surface area contributed by atoms with Gasteiger partial charge in [0.05, 0.1) is 6.10 Å². The summed E-state index contributed by atoms with van der Waals surface area (Å²) in [5.74, 6) is 0. The number of rotatable bonds is 5. The number of benzene rings is 1. The third-order valence-electron chi connectivity index (χ3n) is 3.49. The van der Waals surface area contributed by atoms with Gasteiger partial charge in [0.1, 0.15) is 0 Å². The molecule has 1 aliphatic heterocycles. The van der Waals surface area contributed by atoms with E-state index < -0.39 is 0 Å². The molecule has 1 N–H and O–H groups in total. The summed E-state index contributed by atoms with van der Waals surface area (Å²) in [6, 6.07) is 9.14. The minimum Gasteiger partial charge on any atom is -0.378 e. The SMILES string of the molecule is CCCC1CC(NCc2ccc(Br)cc2)CCO1. The second-order valence-electron chi connectivity index (χ2n) is 5.01. The zero-order valence-corrected chi connectivity index (χ0v) is 12.6. The molecule has 1 saturated heterocycles. The molecule has 1 aromatic carbocycles. The van der Waals surface area contributed by atoms with Gasteiger partial charge in [0.15, 0.2) is 0 Å². The molecule has 0 aromatic heterocycles. The molecule has 1 aliphatic rings. The molecular weight excluding hydrogens is 290 g/mol. The van der Waals surface area contributed by atoms with Gasteiger partial charge in [-0.25, -0.2) is 0 Å². The number of hydrogen-bond donors (Lipinski definition) is 1. The van der Waals surface area contributed by atoms with Crippen LogP contribution in [0.1, 0.15) is 38.2 Å². The molecule has 18 heavy (non-hydrogen) atoms. The van der Waals surface area contributed by atoms with E-state index in [1.54, 1.807) is 0 Å². The first-order valence-electron chi connectivity index (χ1n) is 6.87. The fraction of sp³-hybridized carbons (Fsp3) is 0.600. The fourth-order valence-electron chi connectivity index (χ4n) is 2.45. The van der Waals surface area contributed by atoms with Gasteiger partial charge in [-0.15, -0.1) is 0 Å². The van der Waals surface area contributed by atoms with Gasteiger partial charge in [-0.2, -0.15) is 0 Å². The van der Waals surface area contributed by atoms with Gasteiger partial charge in [0.25, 0.3) is 0 Å². The average molecular weight is 312 g/mol. The predicted molar refractivity (Wildman–Crippen MR) is 78.7 cm³/mol. The molecule has 2 nitrogen and oxygen atoms in total. The van der Waals surface area contributed by atoms with E-state index >= 15 is 0 Å². The fourth-order valence-corrected chi connectivity index (χ4v) is 2.72. The molecule has 0 amide bonds. The van der Waals surface area contributed by atoms with Crippen molar-refractivity contribution < 1.29 is 4.74 Å². The van der Waals surface area contributed by atoms with Crippen LogP contribution in [0.3, 0.4) is 0 Å². The Morgan fingerprint density at radius 2 is 2.11 bits per heavy atom. The molecule has 2 unspecified atom stereocenters. The summed E-state index contributed by atoms with van der Waals surface area (Å²) in [4.78, 5) is 0. The van der Waals surface area contributed by atoms with E-state index in [0.29, 0.717) is 12.1 Å². The maximum Gasteiger partial charge on any atom is 0.0589 e. The molecule has 2 atom stereocenters. The lowest BCUT2D eigenvalue weighted by Crippen LogP contribution is -2.38. The number of nitrogens with one attached hydrogen (secondary N) is 1. The van der Waals surface area contributed by atoms with E-state index in [2.05, 4.69) is 52.4 Å². The number of hydrogen-bond acceptors (Lipinski definition) is 2. The molecule has 0 spiro atoms. The van der Waals surface area contributed by atoms with E-state index in [-0.39, 0.29) is 0 Å². The molecule has 100 valence electrons. The molecule has 3 heteroatoms. The van der Waals surface area contributed by atoms with Crippen molar-refractivity contribution in [3.05, 3.63) is 34.3 Å². The second-order valence-corrected chi connectivity index (χ2v) is 5.93. The standard InChI is InChI=1S/C15H22BrNO/c1-2-3-15-10-14(8-9-18-15)17-11-12-4-6-13(16)7-5-12/h4-7,14-15,17H,2-3,8-11H2,1H3. The van der Waals surface area contributed by atoms with E-state index in [1.807, 2.05) is 0 Å². The van der Waals surface area contributed by atoms with Gasteiger partial charge in [-0.1, -0.05) is 41.4 Å². The van der Waals surface area contributed by atoms with E-state index in [0.717, 1.165) is 30.5 Å². The summed E-state index contributed by atoms with van der Waals surface area (Å²) < 4.78 is 6.91. The molecule has 0 saturated carbocycles. The van der Waals surface area contributed by atoms with Crippen LogP contribution in [-0.4, -0.2) is 18.8 Å². The molecule has 1 aromatic rings. The van der Waals surface area contributed by atoms with Gasteiger partial charge in [0.2, 0.25) is 0 Å². The van der Waals surface area contributed by atoms with Crippen molar-refractivity contribution >= 4 is 15.9 Å². The first-order chi connectivity index (χ1) is 8.78. The smallest absolute Gasteiger partial charge is 0.0589 e. The normalized spacial score (nSPS) is 24.1. The quantitative estimate of drug-likeness (QED) is 0.891. The zero-order chi connectivity index (χ0) is 12.8. The average Bonchev–Trinajstić information content (AvgIpc) is 2.39. The molecule has 1 heterocycles. The Morgan fingerprint density at radius 1 is 1.33 bits per heavy atom. The monoisotopic (exact) mass is 311 g/mol. The minimum atomic E-state index is 0.464. The van der Waals surface area contributed by atoms with Crippen molar-refractivity contribution in [3.8, 4) is 0 Å². The molecule has 1 fully saturated rings. The summed E-state index contributed by atoms with van der Waals surface area (Å²) in [5.41, 5.74) is 1.34. The highest BCUT2D eigenvalue weighted by atomic mass is 79.9. The summed E-state index contributed by atoms with van der Waals surface area (Å²) >= 11 is 3.46. The van der Waals surface area contributed by atoms with E-state index in [4.69, 9.17) is 4.74 Å². The van der Waals surface area contributed by atoms with Crippen LogP contribution in [0.25, 0.3) is 0 Å². The Morgan fingerprint density at radius 3 is 2.83 bits per heavy atom. The second kappa shape index (κ2) is 7.27. The maximum absolute atomic E-state index is 5.77. The lowest BCUT2D eigenvalue weighted by Gasteiger charge is -2.30. The van der Waals surface area contributed by atoms with E-state index in [9.17, 15) is 0 Å². The van der Waals surface area contributed by atoms with Crippen molar-refractivity contribution in [2.24, 2.45) is 0 Å². The largest absolute Gasteiger partial charge is 0.378 e. The van der Waals surface area contributed by atoms with Crippen LogP contribution in [0.15, 0.2) is 28.7 Å². The van der Waals surface area contributed by atoms with Crippen LogP contribution >= 0.6 is 15.9 Å². The van der Waals surface area contributed by atoms with E-state index in [1.165, 1.54) is 18.4 Å². The van der Waals surface area contributed by atoms with Crippen LogP contribution in [-0.2, 0) is 11.3 Å². The molecule has 0 radical (unpaired) electrons. The maximum atomic E-state index is 5.77. The third kappa shape index (κ3) is 4.38. The molecule has 2 rings (SSSR count). The van der Waals surface area contributed by atoms with Crippen LogP contribution in [0.2, 0.25) is 0 Å². The van der Waals surface area contributed by atoms with Gasteiger partial charge in [0, 0.05) is 23.7 Å². The summed E-state index contributed by atoms with van der Waals surface area (Å²) in [6.45, 7) is 4.09. The van der Waals surface area contributed by atoms with Crippen molar-refractivity contribution in [2.75, 3.05) is 6.61 Å². The van der Waals surface area contributed by atoms with Crippen LogP contribution in [0.4, 0.5) is 0 Å². The zero-order valence-electron chi connectivity index (χ0n) is 11.0. The van der Waals surface area contributed by atoms with Crippen molar-refractivity contribution in [3.63, 3.8) is 0 Å². The topological polar surface area (TPSA) is 21.3 Å². The Kier molecular flexibility index (Phi) is 5.67. The van der Waals surface area contributed by atoms with Gasteiger partial charge < -0.3 is 10.1 Å². The summed E-state index contributed by atoms with van der Waals surface area (Å²) in [6.07, 6.45) is 5.16. The molecule has 0 aliphatic carbocycles. The Labute approximate surface area is 118 Å². The highest BCUT2D eigenvalue weighted by Gasteiger charge is 2.21. The Bertz CT molecular complexity index is 350. The van der Waals surface area contributed by atoms with Crippen LogP contribution < -0.4 is 5.32 Å². The first kappa shape index (κ1) is 14.0. The summed E-state index contributed by atoms with van der Waals surface area (Å²) in [5, 5.41) is 3.65. The first-order valence-corrected chi connectivity index (χ1v) is 7.66.